The van der Waals surface area contributed by atoms with Gasteiger partial charge in [0.05, 0.1) is 31.1 Å². The van der Waals surface area contributed by atoms with Crippen LogP contribution in [0.4, 0.5) is 0 Å². The Labute approximate surface area is 71.8 Å². The third-order valence-electron chi connectivity index (χ3n) is 1.29. The van der Waals surface area contributed by atoms with Crippen molar-refractivity contribution in [3.63, 3.8) is 0 Å². The third-order valence-corrected chi connectivity index (χ3v) is 1.29. The molecule has 12 heavy (non-hydrogen) atoms. The fraction of sp³-hybridized carbons (Fsp3) is 0.750. The van der Waals surface area contributed by atoms with Crippen LogP contribution in [0.1, 0.15) is 26.7 Å². The largest absolute Gasteiger partial charge is 0.466 e. The van der Waals surface area contributed by atoms with Crippen molar-refractivity contribution in [3.8, 4) is 6.07 Å². The second-order valence-corrected chi connectivity index (χ2v) is 2.81. The van der Waals surface area contributed by atoms with Crippen molar-refractivity contribution in [2.75, 3.05) is 6.61 Å². The summed E-state index contributed by atoms with van der Waals surface area (Å²) in [5.74, 6) is -0.474. The first kappa shape index (κ1) is 10.9. The lowest BCUT2D eigenvalue weighted by Gasteiger charge is -2.17. The number of carbonyl (C=O) groups is 1. The summed E-state index contributed by atoms with van der Waals surface area (Å²) in [6.45, 7) is 3.42. The lowest BCUT2D eigenvalue weighted by Crippen LogP contribution is -2.28. The van der Waals surface area contributed by atoms with Crippen LogP contribution < -0.4 is 0 Å². The van der Waals surface area contributed by atoms with E-state index in [9.17, 15) is 9.90 Å². The van der Waals surface area contributed by atoms with Gasteiger partial charge in [-0.05, 0) is 13.8 Å². The summed E-state index contributed by atoms with van der Waals surface area (Å²) in [4.78, 5) is 10.8. The smallest absolute Gasteiger partial charge is 0.308 e. The van der Waals surface area contributed by atoms with Crippen molar-refractivity contribution in [1.82, 2.24) is 0 Å². The zero-order valence-electron chi connectivity index (χ0n) is 7.33. The molecule has 0 heterocycles. The molecule has 0 aromatic carbocycles. The minimum atomic E-state index is -1.26. The highest BCUT2D eigenvalue weighted by Gasteiger charge is 2.24. The average Bonchev–Trinajstić information content (AvgIpc) is 1.85. The predicted molar refractivity (Wildman–Crippen MR) is 42.1 cm³/mol. The Bertz CT molecular complexity index is 193. The Kier molecular flexibility index (Phi) is 4.30. The van der Waals surface area contributed by atoms with Gasteiger partial charge in [0.2, 0.25) is 0 Å². The van der Waals surface area contributed by atoms with E-state index in [4.69, 9.17) is 5.26 Å². The highest BCUT2D eigenvalue weighted by atomic mass is 16.5. The maximum Gasteiger partial charge on any atom is 0.308 e. The van der Waals surface area contributed by atoms with Crippen molar-refractivity contribution < 1.29 is 14.6 Å². The molecule has 68 valence electrons. The summed E-state index contributed by atoms with van der Waals surface area (Å²) in [6.07, 6.45) is -0.194. The van der Waals surface area contributed by atoms with E-state index in [-0.39, 0.29) is 12.8 Å². The summed E-state index contributed by atoms with van der Waals surface area (Å²) < 4.78 is 4.62. The Morgan fingerprint density at radius 1 is 1.75 bits per heavy atom. The van der Waals surface area contributed by atoms with Crippen molar-refractivity contribution >= 4 is 5.97 Å². The van der Waals surface area contributed by atoms with Gasteiger partial charge in [0.15, 0.2) is 0 Å². The molecule has 0 saturated carbocycles. The highest BCUT2D eigenvalue weighted by Crippen LogP contribution is 2.13. The first-order chi connectivity index (χ1) is 5.52. The number of hydrogen-bond acceptors (Lipinski definition) is 4. The molecule has 0 radical (unpaired) electrons. The molecule has 0 aromatic heterocycles. The first-order valence-corrected chi connectivity index (χ1v) is 3.77. The maximum absolute atomic E-state index is 10.8. The van der Waals surface area contributed by atoms with Crippen LogP contribution >= 0.6 is 0 Å². The van der Waals surface area contributed by atoms with Crippen molar-refractivity contribution in [1.29, 1.82) is 5.26 Å². The standard InChI is InChI=1S/C8H13NO3/c1-3-12-7(10)6-8(2,11)4-5-9/h11H,3-4,6H2,1-2H3. The molecule has 1 N–H and O–H groups in total. The second kappa shape index (κ2) is 4.73. The molecule has 0 bridgehead atoms. The minimum absolute atomic E-state index is 0.0637. The van der Waals surface area contributed by atoms with Crippen LogP contribution in [0.25, 0.3) is 0 Å². The molecule has 1 unspecified atom stereocenters. The quantitative estimate of drug-likeness (QED) is 0.629. The molecular formula is C8H13NO3. The monoisotopic (exact) mass is 171 g/mol. The Morgan fingerprint density at radius 3 is 2.75 bits per heavy atom. The molecule has 0 rings (SSSR count). The molecular weight excluding hydrogens is 158 g/mol. The van der Waals surface area contributed by atoms with Gasteiger partial charge in [-0.3, -0.25) is 4.79 Å². The molecule has 4 nitrogen and oxygen atoms in total. The summed E-state index contributed by atoms with van der Waals surface area (Å²) in [7, 11) is 0. The van der Waals surface area contributed by atoms with Gasteiger partial charge in [0.25, 0.3) is 0 Å². The van der Waals surface area contributed by atoms with Gasteiger partial charge in [0.1, 0.15) is 0 Å². The number of hydrogen-bond donors (Lipinski definition) is 1. The topological polar surface area (TPSA) is 70.3 Å². The van der Waals surface area contributed by atoms with Crippen LogP contribution in [-0.4, -0.2) is 23.3 Å². The van der Waals surface area contributed by atoms with E-state index < -0.39 is 11.6 Å². The average molecular weight is 171 g/mol. The van der Waals surface area contributed by atoms with E-state index in [1.807, 2.05) is 0 Å². The van der Waals surface area contributed by atoms with E-state index in [1.165, 1.54) is 6.92 Å². The summed E-state index contributed by atoms with van der Waals surface area (Å²) >= 11 is 0. The number of aliphatic hydroxyl groups is 1. The van der Waals surface area contributed by atoms with Gasteiger partial charge in [0, 0.05) is 0 Å². The maximum atomic E-state index is 10.8. The zero-order valence-corrected chi connectivity index (χ0v) is 7.33. The summed E-state index contributed by atoms with van der Waals surface area (Å²) in [5, 5.41) is 17.7. The molecule has 0 aromatic rings. The van der Waals surface area contributed by atoms with Gasteiger partial charge < -0.3 is 9.84 Å². The highest BCUT2D eigenvalue weighted by molar-refractivity contribution is 5.70. The molecule has 0 fully saturated rings. The van der Waals surface area contributed by atoms with Gasteiger partial charge in [-0.1, -0.05) is 0 Å². The van der Waals surface area contributed by atoms with Crippen LogP contribution in [0.3, 0.4) is 0 Å². The molecule has 0 aliphatic carbocycles. The number of carbonyl (C=O) groups excluding carboxylic acids is 1. The number of ether oxygens (including phenoxy) is 1. The van der Waals surface area contributed by atoms with Crippen molar-refractivity contribution in [2.45, 2.75) is 32.3 Å². The van der Waals surface area contributed by atoms with Crippen LogP contribution in [0, 0.1) is 11.3 Å². The van der Waals surface area contributed by atoms with Crippen molar-refractivity contribution in [3.05, 3.63) is 0 Å². The Morgan fingerprint density at radius 2 is 2.33 bits per heavy atom. The zero-order chi connectivity index (χ0) is 9.61. The van der Waals surface area contributed by atoms with Crippen LogP contribution in [0.15, 0.2) is 0 Å². The van der Waals surface area contributed by atoms with Crippen LogP contribution in [0.5, 0.6) is 0 Å². The van der Waals surface area contributed by atoms with Gasteiger partial charge >= 0.3 is 5.97 Å². The van der Waals surface area contributed by atoms with E-state index in [1.54, 1.807) is 13.0 Å². The minimum Gasteiger partial charge on any atom is -0.466 e. The Hall–Kier alpha value is -1.08. The second-order valence-electron chi connectivity index (χ2n) is 2.81. The number of nitriles is 1. The van der Waals surface area contributed by atoms with E-state index >= 15 is 0 Å². The summed E-state index contributed by atoms with van der Waals surface area (Å²) in [5.41, 5.74) is -1.26. The number of esters is 1. The lowest BCUT2D eigenvalue weighted by molar-refractivity contribution is -0.147. The molecule has 0 aliphatic heterocycles. The molecule has 4 heteroatoms. The fourth-order valence-corrected chi connectivity index (χ4v) is 0.756. The molecule has 0 amide bonds. The van der Waals surface area contributed by atoms with E-state index in [0.29, 0.717) is 6.61 Å². The lowest BCUT2D eigenvalue weighted by atomic mass is 9.99. The first-order valence-electron chi connectivity index (χ1n) is 3.77. The Balaban J connectivity index is 3.89. The molecule has 0 saturated heterocycles. The molecule has 0 spiro atoms. The SMILES string of the molecule is CCOC(=O)CC(C)(O)CC#N. The fourth-order valence-electron chi connectivity index (χ4n) is 0.756. The number of rotatable bonds is 4. The van der Waals surface area contributed by atoms with Crippen molar-refractivity contribution in [2.24, 2.45) is 0 Å². The predicted octanol–water partition coefficient (Wildman–Crippen LogP) is 0.604. The molecule has 0 aliphatic rings. The number of nitrogens with zero attached hydrogens (tertiary/aromatic N) is 1. The van der Waals surface area contributed by atoms with E-state index in [0.717, 1.165) is 0 Å². The molecule has 1 atom stereocenters. The van der Waals surface area contributed by atoms with Crippen LogP contribution in [0.2, 0.25) is 0 Å². The van der Waals surface area contributed by atoms with Gasteiger partial charge in [-0.25, -0.2) is 0 Å². The van der Waals surface area contributed by atoms with Gasteiger partial charge in [-0.15, -0.1) is 0 Å². The summed E-state index contributed by atoms with van der Waals surface area (Å²) in [6, 6.07) is 1.80. The van der Waals surface area contributed by atoms with Crippen LogP contribution in [-0.2, 0) is 9.53 Å². The normalized spacial score (nSPS) is 14.5. The third kappa shape index (κ3) is 4.69. The van der Waals surface area contributed by atoms with E-state index in [2.05, 4.69) is 4.74 Å². The van der Waals surface area contributed by atoms with Gasteiger partial charge in [-0.2, -0.15) is 5.26 Å².